The van der Waals surface area contributed by atoms with Gasteiger partial charge in [-0.2, -0.15) is 0 Å². The van der Waals surface area contributed by atoms with Gasteiger partial charge in [-0.25, -0.2) is 4.98 Å². The number of carbonyl (C=O) groups is 1. The third-order valence-corrected chi connectivity index (χ3v) is 3.99. The molecule has 3 nitrogen and oxygen atoms in total. The van der Waals surface area contributed by atoms with E-state index < -0.39 is 11.9 Å². The molecule has 1 unspecified atom stereocenters. The van der Waals surface area contributed by atoms with Crippen LogP contribution in [0, 0.1) is 5.92 Å². The highest BCUT2D eigenvalue weighted by molar-refractivity contribution is 9.10. The summed E-state index contributed by atoms with van der Waals surface area (Å²) in [6.45, 7) is 1.69. The number of carboxylic acid groups (broad SMARTS) is 1. The van der Waals surface area contributed by atoms with Gasteiger partial charge in [0.15, 0.2) is 0 Å². The number of hydrogen-bond donors (Lipinski definition) is 1. The predicted octanol–water partition coefficient (Wildman–Crippen LogP) is 3.84. The molecule has 0 aliphatic carbocycles. The molecule has 0 saturated heterocycles. The summed E-state index contributed by atoms with van der Waals surface area (Å²) in [7, 11) is 0. The Morgan fingerprint density at radius 3 is 3.00 bits per heavy atom. The van der Waals surface area contributed by atoms with Gasteiger partial charge in [-0.15, -0.1) is 11.3 Å². The first kappa shape index (κ1) is 13.2. The number of carboxylic acids is 1. The fraction of sp³-hybridized carbons (Fsp3) is 0.231. The van der Waals surface area contributed by atoms with Crippen LogP contribution < -0.4 is 0 Å². The molecular weight excluding hydrogens is 314 g/mol. The lowest BCUT2D eigenvalue weighted by Gasteiger charge is -2.02. The first-order valence-corrected chi connectivity index (χ1v) is 7.16. The zero-order chi connectivity index (χ0) is 13.1. The fourth-order valence-corrected chi connectivity index (χ4v) is 2.78. The van der Waals surface area contributed by atoms with Gasteiger partial charge in [0, 0.05) is 21.8 Å². The first-order chi connectivity index (χ1) is 8.56. The molecule has 5 heteroatoms. The van der Waals surface area contributed by atoms with Gasteiger partial charge in [-0.05, 0) is 12.1 Å². The van der Waals surface area contributed by atoms with Crippen LogP contribution in [0.3, 0.4) is 0 Å². The Hall–Kier alpha value is -1.20. The smallest absolute Gasteiger partial charge is 0.306 e. The van der Waals surface area contributed by atoms with Gasteiger partial charge in [-0.1, -0.05) is 35.0 Å². The molecule has 0 fully saturated rings. The van der Waals surface area contributed by atoms with Gasteiger partial charge in [-0.3, -0.25) is 4.79 Å². The summed E-state index contributed by atoms with van der Waals surface area (Å²) in [6.07, 6.45) is 0.472. The van der Waals surface area contributed by atoms with E-state index >= 15 is 0 Å². The molecule has 1 aromatic heterocycles. The van der Waals surface area contributed by atoms with E-state index in [2.05, 4.69) is 20.9 Å². The highest BCUT2D eigenvalue weighted by Crippen LogP contribution is 2.26. The second kappa shape index (κ2) is 5.63. The Balaban J connectivity index is 2.18. The quantitative estimate of drug-likeness (QED) is 0.929. The Bertz CT molecular complexity index is 568. The normalized spacial score (nSPS) is 12.3. The maximum Gasteiger partial charge on any atom is 0.306 e. The van der Waals surface area contributed by atoms with Crippen LogP contribution in [0.5, 0.6) is 0 Å². The van der Waals surface area contributed by atoms with E-state index in [1.165, 1.54) is 0 Å². The van der Waals surface area contributed by atoms with E-state index in [-0.39, 0.29) is 0 Å². The Kier molecular flexibility index (Phi) is 4.14. The summed E-state index contributed by atoms with van der Waals surface area (Å²) in [5.41, 5.74) is 1.88. The number of nitrogens with zero attached hydrogens (tertiary/aromatic N) is 1. The van der Waals surface area contributed by atoms with Crippen LogP contribution in [0.2, 0.25) is 0 Å². The molecule has 94 valence electrons. The van der Waals surface area contributed by atoms with Gasteiger partial charge in [0.1, 0.15) is 5.01 Å². The lowest BCUT2D eigenvalue weighted by Crippen LogP contribution is -2.12. The number of benzene rings is 1. The van der Waals surface area contributed by atoms with Crippen molar-refractivity contribution < 1.29 is 9.90 Å². The summed E-state index contributed by atoms with van der Waals surface area (Å²) in [5, 5.41) is 11.7. The van der Waals surface area contributed by atoms with Crippen LogP contribution in [-0.2, 0) is 11.2 Å². The zero-order valence-corrected chi connectivity index (χ0v) is 12.2. The van der Waals surface area contributed by atoms with Crippen LogP contribution in [0.4, 0.5) is 0 Å². The molecule has 0 aliphatic rings. The van der Waals surface area contributed by atoms with Crippen molar-refractivity contribution in [3.63, 3.8) is 0 Å². The van der Waals surface area contributed by atoms with Crippen LogP contribution in [-0.4, -0.2) is 16.1 Å². The van der Waals surface area contributed by atoms with Crippen molar-refractivity contribution >= 4 is 33.2 Å². The van der Waals surface area contributed by atoms with Crippen LogP contribution in [0.15, 0.2) is 34.1 Å². The lowest BCUT2D eigenvalue weighted by atomic mass is 10.1. The van der Waals surface area contributed by atoms with Gasteiger partial charge >= 0.3 is 5.97 Å². The van der Waals surface area contributed by atoms with E-state index in [0.29, 0.717) is 6.42 Å². The summed E-state index contributed by atoms with van der Waals surface area (Å²) < 4.78 is 1.01. The molecule has 1 N–H and O–H groups in total. The molecule has 2 aromatic rings. The Morgan fingerprint density at radius 1 is 1.56 bits per heavy atom. The van der Waals surface area contributed by atoms with Crippen LogP contribution in [0.1, 0.15) is 12.6 Å². The number of aromatic nitrogens is 1. The van der Waals surface area contributed by atoms with Crippen molar-refractivity contribution in [2.75, 3.05) is 0 Å². The van der Waals surface area contributed by atoms with Crippen molar-refractivity contribution in [1.29, 1.82) is 0 Å². The first-order valence-electron chi connectivity index (χ1n) is 5.49. The molecule has 1 heterocycles. The maximum absolute atomic E-state index is 10.8. The monoisotopic (exact) mass is 325 g/mol. The maximum atomic E-state index is 10.8. The van der Waals surface area contributed by atoms with Gasteiger partial charge in [0.25, 0.3) is 0 Å². The molecule has 0 saturated carbocycles. The summed E-state index contributed by atoms with van der Waals surface area (Å²) in [5.74, 6) is -1.19. The van der Waals surface area contributed by atoms with Gasteiger partial charge < -0.3 is 5.11 Å². The Labute approximate surface area is 118 Å². The minimum absolute atomic E-state index is 0.401. The minimum Gasteiger partial charge on any atom is -0.481 e. The van der Waals surface area contributed by atoms with Gasteiger partial charge in [0.05, 0.1) is 11.6 Å². The van der Waals surface area contributed by atoms with Gasteiger partial charge in [0.2, 0.25) is 0 Å². The lowest BCUT2D eigenvalue weighted by molar-refractivity contribution is -0.141. The highest BCUT2D eigenvalue weighted by Gasteiger charge is 2.14. The van der Waals surface area contributed by atoms with Crippen molar-refractivity contribution in [2.45, 2.75) is 13.3 Å². The average Bonchev–Trinajstić information content (AvgIpc) is 2.77. The molecule has 0 aliphatic heterocycles. The Morgan fingerprint density at radius 2 is 2.33 bits per heavy atom. The number of halogens is 1. The number of aliphatic carboxylic acids is 1. The third kappa shape index (κ3) is 3.17. The van der Waals surface area contributed by atoms with E-state index in [0.717, 1.165) is 20.7 Å². The topological polar surface area (TPSA) is 50.2 Å². The molecule has 18 heavy (non-hydrogen) atoms. The third-order valence-electron chi connectivity index (χ3n) is 2.56. The second-order valence-corrected chi connectivity index (χ2v) is 5.87. The number of thiazole rings is 1. The molecular formula is C13H12BrNO2S. The summed E-state index contributed by atoms with van der Waals surface area (Å²) in [6, 6.07) is 7.92. The highest BCUT2D eigenvalue weighted by atomic mass is 79.9. The van der Waals surface area contributed by atoms with Crippen molar-refractivity contribution in [3.05, 3.63) is 39.8 Å². The van der Waals surface area contributed by atoms with Crippen molar-refractivity contribution in [1.82, 2.24) is 4.98 Å². The van der Waals surface area contributed by atoms with Crippen LogP contribution in [0.25, 0.3) is 10.6 Å². The van der Waals surface area contributed by atoms with Crippen LogP contribution >= 0.6 is 27.3 Å². The van der Waals surface area contributed by atoms with Crippen molar-refractivity contribution in [3.8, 4) is 10.6 Å². The molecule has 0 spiro atoms. The number of hydrogen-bond acceptors (Lipinski definition) is 3. The van der Waals surface area contributed by atoms with E-state index in [1.54, 1.807) is 18.3 Å². The van der Waals surface area contributed by atoms with E-state index in [9.17, 15) is 4.79 Å². The second-order valence-electron chi connectivity index (χ2n) is 4.10. The standard InChI is InChI=1S/C13H12BrNO2S/c1-8(13(16)17)5-11-7-18-12(15-11)9-3-2-4-10(14)6-9/h2-4,6-8H,5H2,1H3,(H,16,17). The fourth-order valence-electron chi connectivity index (χ4n) is 1.56. The molecule has 1 aromatic carbocycles. The number of rotatable bonds is 4. The SMILES string of the molecule is CC(Cc1csc(-c2cccc(Br)c2)n1)C(=O)O. The average molecular weight is 326 g/mol. The minimum atomic E-state index is -0.785. The molecule has 0 bridgehead atoms. The molecule has 2 rings (SSSR count). The molecule has 1 atom stereocenters. The largest absolute Gasteiger partial charge is 0.481 e. The van der Waals surface area contributed by atoms with E-state index in [4.69, 9.17) is 5.11 Å². The summed E-state index contributed by atoms with van der Waals surface area (Å²) in [4.78, 5) is 15.3. The molecule has 0 amide bonds. The van der Waals surface area contributed by atoms with E-state index in [1.807, 2.05) is 29.6 Å². The zero-order valence-electron chi connectivity index (χ0n) is 9.76. The summed E-state index contributed by atoms with van der Waals surface area (Å²) >= 11 is 4.96. The van der Waals surface area contributed by atoms with Crippen molar-refractivity contribution in [2.24, 2.45) is 5.92 Å². The molecule has 0 radical (unpaired) electrons. The predicted molar refractivity (Wildman–Crippen MR) is 75.8 cm³/mol.